The van der Waals surface area contributed by atoms with E-state index in [0.29, 0.717) is 22.7 Å². The van der Waals surface area contributed by atoms with Gasteiger partial charge >= 0.3 is 0 Å². The van der Waals surface area contributed by atoms with E-state index in [-0.39, 0.29) is 19.1 Å². The molecule has 0 aliphatic heterocycles. The predicted octanol–water partition coefficient (Wildman–Crippen LogP) is 1.35. The van der Waals surface area contributed by atoms with Crippen molar-refractivity contribution in [2.24, 2.45) is 0 Å². The zero-order valence-corrected chi connectivity index (χ0v) is 13.5. The largest absolute Gasteiger partial charge is 0.491 e. The number of nitrogens with one attached hydrogen (secondary N) is 1. The molecule has 2 heterocycles. The summed E-state index contributed by atoms with van der Waals surface area (Å²) in [7, 11) is 0. The number of amides is 1. The van der Waals surface area contributed by atoms with Crippen LogP contribution in [0.5, 0.6) is 5.75 Å². The molecule has 0 aliphatic rings. The molecule has 0 fully saturated rings. The Hall–Kier alpha value is -3.00. The lowest BCUT2D eigenvalue weighted by molar-refractivity contribution is 0.0844. The second-order valence-corrected chi connectivity index (χ2v) is 5.48. The van der Waals surface area contributed by atoms with Gasteiger partial charge in [-0.3, -0.25) is 4.79 Å². The van der Waals surface area contributed by atoms with Crippen LogP contribution < -0.4 is 10.1 Å². The molecule has 3 rings (SSSR count). The van der Waals surface area contributed by atoms with Crippen LogP contribution in [0.25, 0.3) is 5.65 Å². The zero-order chi connectivity index (χ0) is 17.8. The van der Waals surface area contributed by atoms with Crippen LogP contribution in [0.4, 0.5) is 4.39 Å². The molecule has 0 radical (unpaired) electrons. The average molecular weight is 344 g/mol. The van der Waals surface area contributed by atoms with Crippen LogP contribution in [0.1, 0.15) is 16.1 Å². The second kappa shape index (κ2) is 7.27. The molecule has 1 atom stereocenters. The van der Waals surface area contributed by atoms with E-state index in [1.165, 1.54) is 22.7 Å². The lowest BCUT2D eigenvalue weighted by atomic mass is 10.2. The third kappa shape index (κ3) is 3.92. The monoisotopic (exact) mass is 344 g/mol. The summed E-state index contributed by atoms with van der Waals surface area (Å²) in [6.45, 7) is 1.63. The van der Waals surface area contributed by atoms with Crippen molar-refractivity contribution in [3.63, 3.8) is 0 Å². The number of nitrogens with zero attached hydrogens (tertiary/aromatic N) is 3. The van der Waals surface area contributed by atoms with Crippen molar-refractivity contribution in [2.75, 3.05) is 13.2 Å². The van der Waals surface area contributed by atoms with E-state index in [1.54, 1.807) is 31.5 Å². The van der Waals surface area contributed by atoms with Crippen LogP contribution in [0.3, 0.4) is 0 Å². The Balaban J connectivity index is 1.57. The number of aromatic nitrogens is 3. The van der Waals surface area contributed by atoms with Crippen molar-refractivity contribution in [3.05, 3.63) is 59.8 Å². The molecule has 8 heteroatoms. The number of rotatable bonds is 6. The first kappa shape index (κ1) is 16.8. The number of hydrogen-bond acceptors (Lipinski definition) is 5. The summed E-state index contributed by atoms with van der Waals surface area (Å²) in [5, 5.41) is 16.8. The van der Waals surface area contributed by atoms with Gasteiger partial charge in [-0.1, -0.05) is 6.07 Å². The molecule has 1 aromatic carbocycles. The standard InChI is InChI=1S/C17H17FN4O3/c1-11-15(16-19-6-3-7-22(16)21-11)17(24)20-9-13(23)10-25-14-5-2-4-12(18)8-14/h2-8,13,23H,9-10H2,1H3,(H,20,24). The van der Waals surface area contributed by atoms with Gasteiger partial charge in [-0.05, 0) is 25.1 Å². The number of hydrogen-bond donors (Lipinski definition) is 2. The fourth-order valence-electron chi connectivity index (χ4n) is 2.37. The Kier molecular flexibility index (Phi) is 4.90. The zero-order valence-electron chi connectivity index (χ0n) is 13.5. The van der Waals surface area contributed by atoms with Gasteiger partial charge in [-0.15, -0.1) is 0 Å². The lowest BCUT2D eigenvalue weighted by Crippen LogP contribution is -2.35. The van der Waals surface area contributed by atoms with Crippen LogP contribution >= 0.6 is 0 Å². The number of carbonyl (C=O) groups excluding carboxylic acids is 1. The molecule has 130 valence electrons. The van der Waals surface area contributed by atoms with Crippen molar-refractivity contribution in [1.82, 2.24) is 19.9 Å². The molecule has 7 nitrogen and oxygen atoms in total. The number of halogens is 1. The highest BCUT2D eigenvalue weighted by atomic mass is 19.1. The quantitative estimate of drug-likeness (QED) is 0.705. The molecule has 25 heavy (non-hydrogen) atoms. The molecule has 0 bridgehead atoms. The Morgan fingerprint density at radius 3 is 3.08 bits per heavy atom. The Labute approximate surface area is 143 Å². The highest BCUT2D eigenvalue weighted by molar-refractivity contribution is 6.00. The molecule has 1 amide bonds. The minimum Gasteiger partial charge on any atom is -0.491 e. The molecule has 2 N–H and O–H groups in total. The van der Waals surface area contributed by atoms with E-state index in [9.17, 15) is 14.3 Å². The van der Waals surface area contributed by atoms with Crippen molar-refractivity contribution < 1.29 is 19.0 Å². The number of ether oxygens (including phenoxy) is 1. The van der Waals surface area contributed by atoms with Crippen LogP contribution in [0, 0.1) is 12.7 Å². The maximum Gasteiger partial charge on any atom is 0.257 e. The first-order valence-electron chi connectivity index (χ1n) is 7.69. The van der Waals surface area contributed by atoms with Crippen molar-refractivity contribution >= 4 is 11.6 Å². The highest BCUT2D eigenvalue weighted by Crippen LogP contribution is 2.13. The molecule has 3 aromatic rings. The van der Waals surface area contributed by atoms with Crippen molar-refractivity contribution in [1.29, 1.82) is 0 Å². The molecule has 0 aliphatic carbocycles. The molecular formula is C17H17FN4O3. The summed E-state index contributed by atoms with van der Waals surface area (Å²) in [4.78, 5) is 16.5. The van der Waals surface area contributed by atoms with Gasteiger partial charge < -0.3 is 15.2 Å². The van der Waals surface area contributed by atoms with Crippen LogP contribution in [-0.4, -0.2) is 44.9 Å². The number of aliphatic hydroxyl groups excluding tert-OH is 1. The fourth-order valence-corrected chi connectivity index (χ4v) is 2.37. The number of aryl methyl sites for hydroxylation is 1. The normalized spacial score (nSPS) is 12.1. The number of fused-ring (bicyclic) bond motifs is 1. The number of carbonyl (C=O) groups is 1. The molecule has 0 spiro atoms. The van der Waals surface area contributed by atoms with Crippen molar-refractivity contribution in [3.8, 4) is 5.75 Å². The Morgan fingerprint density at radius 1 is 1.44 bits per heavy atom. The fraction of sp³-hybridized carbons (Fsp3) is 0.235. The van der Waals surface area contributed by atoms with Gasteiger partial charge in [-0.25, -0.2) is 13.9 Å². The van der Waals surface area contributed by atoms with E-state index >= 15 is 0 Å². The van der Waals surface area contributed by atoms with Gasteiger partial charge in [0, 0.05) is 25.0 Å². The Morgan fingerprint density at radius 2 is 2.28 bits per heavy atom. The van der Waals surface area contributed by atoms with Crippen LogP contribution in [0.2, 0.25) is 0 Å². The van der Waals surface area contributed by atoms with E-state index in [0.717, 1.165) is 0 Å². The third-order valence-electron chi connectivity index (χ3n) is 3.53. The van der Waals surface area contributed by atoms with Gasteiger partial charge in [0.15, 0.2) is 5.65 Å². The SMILES string of the molecule is Cc1nn2cccnc2c1C(=O)NCC(O)COc1cccc(F)c1. The summed E-state index contributed by atoms with van der Waals surface area (Å²) in [5.74, 6) is -0.486. The molecule has 1 unspecified atom stereocenters. The van der Waals surface area contributed by atoms with Gasteiger partial charge in [0.2, 0.25) is 0 Å². The van der Waals surface area contributed by atoms with Crippen LogP contribution in [0.15, 0.2) is 42.7 Å². The molecular weight excluding hydrogens is 327 g/mol. The summed E-state index contributed by atoms with van der Waals surface area (Å²) in [6, 6.07) is 7.34. The second-order valence-electron chi connectivity index (χ2n) is 5.48. The maximum absolute atomic E-state index is 13.1. The summed E-state index contributed by atoms with van der Waals surface area (Å²) in [6.07, 6.45) is 2.34. The summed E-state index contributed by atoms with van der Waals surface area (Å²) >= 11 is 0. The van der Waals surface area contributed by atoms with Gasteiger partial charge in [-0.2, -0.15) is 5.10 Å². The summed E-state index contributed by atoms with van der Waals surface area (Å²) < 4.78 is 19.9. The first-order valence-corrected chi connectivity index (χ1v) is 7.69. The average Bonchev–Trinajstić information content (AvgIpc) is 2.93. The Bertz CT molecular complexity index is 896. The minimum atomic E-state index is -0.942. The topological polar surface area (TPSA) is 88.8 Å². The minimum absolute atomic E-state index is 0.0161. The van der Waals surface area contributed by atoms with E-state index in [1.807, 2.05) is 0 Å². The molecule has 0 saturated carbocycles. The highest BCUT2D eigenvalue weighted by Gasteiger charge is 2.18. The predicted molar refractivity (Wildman–Crippen MR) is 88.0 cm³/mol. The molecule has 0 saturated heterocycles. The first-order chi connectivity index (χ1) is 12.0. The maximum atomic E-state index is 13.1. The van der Waals surface area contributed by atoms with E-state index in [4.69, 9.17) is 4.74 Å². The van der Waals surface area contributed by atoms with E-state index < -0.39 is 11.9 Å². The van der Waals surface area contributed by atoms with Gasteiger partial charge in [0.05, 0.1) is 5.69 Å². The van der Waals surface area contributed by atoms with Gasteiger partial charge in [0.1, 0.15) is 29.8 Å². The number of benzene rings is 1. The smallest absolute Gasteiger partial charge is 0.257 e. The number of aliphatic hydroxyl groups is 1. The van der Waals surface area contributed by atoms with E-state index in [2.05, 4.69) is 15.4 Å². The lowest BCUT2D eigenvalue weighted by Gasteiger charge is -2.13. The third-order valence-corrected chi connectivity index (χ3v) is 3.53. The summed E-state index contributed by atoms with van der Waals surface area (Å²) in [5.41, 5.74) is 1.35. The van der Waals surface area contributed by atoms with Crippen molar-refractivity contribution in [2.45, 2.75) is 13.0 Å². The van der Waals surface area contributed by atoms with Crippen LogP contribution in [-0.2, 0) is 0 Å². The molecule has 2 aromatic heterocycles. The van der Waals surface area contributed by atoms with Gasteiger partial charge in [0.25, 0.3) is 5.91 Å².